The van der Waals surface area contributed by atoms with Crippen LogP contribution in [0.1, 0.15) is 100 Å². The van der Waals surface area contributed by atoms with Crippen molar-refractivity contribution in [2.75, 3.05) is 0 Å². The average molecular weight is 455 g/mol. The molecule has 33 heavy (non-hydrogen) atoms. The topological polar surface area (TPSA) is 42.1 Å². The van der Waals surface area contributed by atoms with Gasteiger partial charge in [0.1, 0.15) is 18.0 Å². The lowest BCUT2D eigenvalue weighted by molar-refractivity contribution is -0.146. The van der Waals surface area contributed by atoms with E-state index in [4.69, 9.17) is 9.47 Å². The molecule has 0 bridgehead atoms. The summed E-state index contributed by atoms with van der Waals surface area (Å²) in [7, 11) is 0. The second kappa shape index (κ2) is 6.55. The van der Waals surface area contributed by atoms with Gasteiger partial charge in [0.15, 0.2) is 0 Å². The summed E-state index contributed by atoms with van der Waals surface area (Å²) in [6, 6.07) is 0. The van der Waals surface area contributed by atoms with Crippen molar-refractivity contribution >= 4 is 5.78 Å². The molecule has 2 heterocycles. The highest BCUT2D eigenvalue weighted by Gasteiger charge is 2.69. The molecule has 3 saturated carbocycles. The molecule has 184 valence electrons. The molecule has 6 rings (SSSR count). The molecule has 0 N–H and O–H groups in total. The molecule has 0 spiro atoms. The molecule has 4 aliphatic carbocycles. The number of carbonyl (C=O) groups is 1. The zero-order chi connectivity index (χ0) is 23.8. The summed E-state index contributed by atoms with van der Waals surface area (Å²) >= 11 is 0. The van der Waals surface area contributed by atoms with Crippen LogP contribution in [0, 0.1) is 45.3 Å². The van der Waals surface area contributed by atoms with Crippen molar-refractivity contribution in [2.24, 2.45) is 45.3 Å². The van der Waals surface area contributed by atoms with Crippen molar-refractivity contribution in [1.82, 2.24) is 0 Å². The third kappa shape index (κ3) is 2.79. The first-order valence-corrected chi connectivity index (χ1v) is 13.8. The van der Waals surface area contributed by atoms with Crippen molar-refractivity contribution in [3.8, 4) is 0 Å². The lowest BCUT2D eigenvalue weighted by atomic mass is 9.41. The van der Waals surface area contributed by atoms with Crippen LogP contribution in [0.2, 0.25) is 0 Å². The zero-order valence-corrected chi connectivity index (χ0v) is 22.3. The maximum Gasteiger partial charge on any atom is 0.138 e. The molecule has 0 aromatic carbocycles. The van der Waals surface area contributed by atoms with Gasteiger partial charge in [-0.05, 0) is 92.3 Å². The van der Waals surface area contributed by atoms with Crippen LogP contribution in [0.4, 0.5) is 0 Å². The quantitative estimate of drug-likeness (QED) is 0.350. The molecule has 3 heteroatoms. The predicted molar refractivity (Wildman–Crippen MR) is 131 cm³/mol. The molecule has 6 aliphatic rings. The van der Waals surface area contributed by atoms with Crippen LogP contribution >= 0.6 is 0 Å². The first-order chi connectivity index (χ1) is 15.3. The number of rotatable bonds is 3. The molecule has 10 atom stereocenters. The van der Waals surface area contributed by atoms with E-state index < -0.39 is 0 Å². The third-order valence-corrected chi connectivity index (χ3v) is 12.7. The molecule has 2 aliphatic heterocycles. The molecular formula is C30H46O3. The number of fused-ring (bicyclic) bond motifs is 5. The van der Waals surface area contributed by atoms with E-state index in [0.717, 1.165) is 25.2 Å². The standard InChI is InChI=1S/C30H46O3/c1-17(23-24(32-23)25-27(4,5)33-25)18-11-15-30(8)20-9-10-21-26(2,3)22(31)13-14-28(21,6)19(20)12-16-29(18,30)7/h9,17-19,21,23-25H,10-16H2,1-8H3/t17-,18+,19+,21+,23+,24-,25+,28-,29+,30-/m1/s1. The first kappa shape index (κ1) is 22.8. The zero-order valence-electron chi connectivity index (χ0n) is 22.3. The summed E-state index contributed by atoms with van der Waals surface area (Å²) in [4.78, 5) is 12.8. The number of epoxide rings is 2. The van der Waals surface area contributed by atoms with E-state index >= 15 is 0 Å². The van der Waals surface area contributed by atoms with Crippen LogP contribution < -0.4 is 0 Å². The minimum atomic E-state index is -0.180. The highest BCUT2D eigenvalue weighted by molar-refractivity contribution is 5.85. The Morgan fingerprint density at radius 1 is 1.00 bits per heavy atom. The van der Waals surface area contributed by atoms with Gasteiger partial charge in [-0.15, -0.1) is 0 Å². The van der Waals surface area contributed by atoms with Gasteiger partial charge in [-0.25, -0.2) is 0 Å². The van der Waals surface area contributed by atoms with Gasteiger partial charge in [-0.1, -0.05) is 53.2 Å². The minimum Gasteiger partial charge on any atom is -0.366 e. The van der Waals surface area contributed by atoms with Crippen LogP contribution in [0.3, 0.4) is 0 Å². The molecule has 0 radical (unpaired) electrons. The van der Waals surface area contributed by atoms with Crippen molar-refractivity contribution in [1.29, 1.82) is 0 Å². The van der Waals surface area contributed by atoms with Gasteiger partial charge in [0.2, 0.25) is 0 Å². The Hall–Kier alpha value is -0.670. The van der Waals surface area contributed by atoms with Crippen molar-refractivity contribution in [3.05, 3.63) is 11.6 Å². The summed E-state index contributed by atoms with van der Waals surface area (Å²) in [5.41, 5.74) is 2.51. The summed E-state index contributed by atoms with van der Waals surface area (Å²) in [6.07, 6.45) is 11.8. The third-order valence-electron chi connectivity index (χ3n) is 12.7. The van der Waals surface area contributed by atoms with Crippen molar-refractivity contribution < 1.29 is 14.3 Å². The van der Waals surface area contributed by atoms with Gasteiger partial charge >= 0.3 is 0 Å². The largest absolute Gasteiger partial charge is 0.366 e. The fourth-order valence-corrected chi connectivity index (χ4v) is 10.2. The molecule has 0 aromatic rings. The molecule has 2 saturated heterocycles. The smallest absolute Gasteiger partial charge is 0.138 e. The maximum absolute atomic E-state index is 12.8. The van der Waals surface area contributed by atoms with E-state index in [9.17, 15) is 4.79 Å². The van der Waals surface area contributed by atoms with Crippen LogP contribution in [0.15, 0.2) is 11.6 Å². The lowest BCUT2D eigenvalue weighted by Crippen LogP contribution is -2.57. The molecule has 5 fully saturated rings. The number of hydrogen-bond donors (Lipinski definition) is 0. The van der Waals surface area contributed by atoms with Gasteiger partial charge in [0, 0.05) is 11.8 Å². The van der Waals surface area contributed by atoms with Gasteiger partial charge < -0.3 is 9.47 Å². The highest BCUT2D eigenvalue weighted by atomic mass is 16.7. The SMILES string of the molecule is C[C@@H]([C@@H]1O[C@H]1[C@@H]1OC1(C)C)[C@@H]1CC[C@]2(C)C3=CC[C@H]4C(C)(C)C(=O)CC[C@]4(C)[C@H]3CC[C@@]12C. The van der Waals surface area contributed by atoms with Crippen molar-refractivity contribution in [3.63, 3.8) is 0 Å². The van der Waals surface area contributed by atoms with Crippen LogP contribution in [0.25, 0.3) is 0 Å². The number of carbonyl (C=O) groups excluding carboxylic acids is 1. The van der Waals surface area contributed by atoms with E-state index in [1.165, 1.54) is 25.7 Å². The van der Waals surface area contributed by atoms with Gasteiger partial charge in [0.25, 0.3) is 0 Å². The Morgan fingerprint density at radius 2 is 1.70 bits per heavy atom. The normalized spacial score (nSPS) is 54.5. The van der Waals surface area contributed by atoms with Crippen LogP contribution in [-0.4, -0.2) is 29.7 Å². The molecule has 0 aromatic heterocycles. The molecule has 0 amide bonds. The molecule has 0 unspecified atom stereocenters. The minimum absolute atomic E-state index is 0.0132. The van der Waals surface area contributed by atoms with Crippen molar-refractivity contribution in [2.45, 2.75) is 124 Å². The van der Waals surface area contributed by atoms with E-state index in [0.29, 0.717) is 47.3 Å². The predicted octanol–water partition coefficient (Wildman–Crippen LogP) is 6.74. The fourth-order valence-electron chi connectivity index (χ4n) is 10.2. The van der Waals surface area contributed by atoms with E-state index in [1.54, 1.807) is 5.57 Å². The Morgan fingerprint density at radius 3 is 2.36 bits per heavy atom. The van der Waals surface area contributed by atoms with E-state index in [1.807, 2.05) is 0 Å². The maximum atomic E-state index is 12.8. The molecule has 3 nitrogen and oxygen atoms in total. The highest BCUT2D eigenvalue weighted by Crippen LogP contribution is 2.73. The Labute approximate surface area is 201 Å². The first-order valence-electron chi connectivity index (χ1n) is 13.8. The van der Waals surface area contributed by atoms with Gasteiger partial charge in [-0.3, -0.25) is 4.79 Å². The Balaban J connectivity index is 1.28. The van der Waals surface area contributed by atoms with E-state index in [-0.39, 0.29) is 21.8 Å². The van der Waals surface area contributed by atoms with Crippen LogP contribution in [0.5, 0.6) is 0 Å². The number of allylic oxidation sites excluding steroid dienone is 2. The molecular weight excluding hydrogens is 408 g/mol. The number of ether oxygens (including phenoxy) is 2. The van der Waals surface area contributed by atoms with Gasteiger partial charge in [0.05, 0.1) is 11.7 Å². The Kier molecular flexibility index (Phi) is 4.52. The fraction of sp³-hybridized carbons (Fsp3) is 0.900. The second-order valence-electron chi connectivity index (χ2n) is 14.7. The number of hydrogen-bond acceptors (Lipinski definition) is 3. The van der Waals surface area contributed by atoms with Crippen LogP contribution in [-0.2, 0) is 14.3 Å². The second-order valence-corrected chi connectivity index (χ2v) is 14.7. The summed E-state index contributed by atoms with van der Waals surface area (Å²) in [6.45, 7) is 19.1. The number of Topliss-reactive ketones (excluding diaryl/α,β-unsaturated/α-hetero) is 1. The monoisotopic (exact) mass is 454 g/mol. The number of ketones is 1. The van der Waals surface area contributed by atoms with E-state index in [2.05, 4.69) is 61.5 Å². The lowest BCUT2D eigenvalue weighted by Gasteiger charge is -2.63. The van der Waals surface area contributed by atoms with Gasteiger partial charge in [-0.2, -0.15) is 0 Å². The summed E-state index contributed by atoms with van der Waals surface area (Å²) in [5.74, 6) is 2.95. The summed E-state index contributed by atoms with van der Waals surface area (Å²) in [5, 5.41) is 0. The summed E-state index contributed by atoms with van der Waals surface area (Å²) < 4.78 is 12.2. The average Bonchev–Trinajstić information content (AvgIpc) is 3.62. The Bertz CT molecular complexity index is 916.